The molecule has 0 aliphatic rings. The second kappa shape index (κ2) is 14.2. The molecule has 5 nitrogen and oxygen atoms in total. The van der Waals surface area contributed by atoms with Crippen LogP contribution in [0.25, 0.3) is 129 Å². The second-order valence-corrected chi connectivity index (χ2v) is 18.6. The Labute approximate surface area is 382 Å². The Balaban J connectivity index is 1.16. The Morgan fingerprint density at radius 2 is 0.682 bits per heavy atom. The van der Waals surface area contributed by atoms with Crippen molar-refractivity contribution in [3.63, 3.8) is 0 Å². The molecule has 0 aliphatic heterocycles. The Hall–Kier alpha value is -8.11. The fourth-order valence-electron chi connectivity index (χ4n) is 10.2. The maximum Gasteiger partial charge on any atom is 0.166 e. The number of hydrogen-bond acceptors (Lipinski definition) is 5. The van der Waals surface area contributed by atoms with Crippen LogP contribution in [0.5, 0.6) is 0 Å². The Morgan fingerprint density at radius 1 is 0.348 bits per heavy atom. The van der Waals surface area contributed by atoms with Gasteiger partial charge < -0.3 is 9.13 Å². The number of aromatic nitrogens is 5. The zero-order valence-electron chi connectivity index (χ0n) is 34.7. The molecule has 14 aromatic rings. The molecule has 5 aromatic heterocycles. The van der Waals surface area contributed by atoms with Crippen LogP contribution in [-0.2, 0) is 0 Å². The lowest BCUT2D eigenvalue weighted by Gasteiger charge is -2.18. The molecule has 0 aliphatic carbocycles. The summed E-state index contributed by atoms with van der Waals surface area (Å²) in [6, 6.07) is 62.4. The number of hydrogen-bond donors (Lipinski definition) is 0. The van der Waals surface area contributed by atoms with Gasteiger partial charge in [-0.1, -0.05) is 140 Å². The maximum absolute atomic E-state index is 17.2. The molecule has 0 atom stereocenters. The van der Waals surface area contributed by atoms with Crippen LogP contribution >= 0.6 is 22.7 Å². The van der Waals surface area contributed by atoms with Gasteiger partial charge in [0.2, 0.25) is 0 Å². The predicted molar refractivity (Wildman–Crippen MR) is 271 cm³/mol. The van der Waals surface area contributed by atoms with Crippen molar-refractivity contribution < 1.29 is 8.78 Å². The number of nitrogens with zero attached hydrogens (tertiary/aromatic N) is 5. The fraction of sp³-hybridized carbons (Fsp3) is 0. The number of rotatable bonds is 5. The summed E-state index contributed by atoms with van der Waals surface area (Å²) >= 11 is 2.87. The molecule has 0 radical (unpaired) electrons. The van der Waals surface area contributed by atoms with Gasteiger partial charge >= 0.3 is 0 Å². The van der Waals surface area contributed by atoms with Crippen LogP contribution < -0.4 is 0 Å². The van der Waals surface area contributed by atoms with Crippen molar-refractivity contribution >= 4 is 107 Å². The molecule has 0 saturated heterocycles. The van der Waals surface area contributed by atoms with Crippen molar-refractivity contribution in [3.8, 4) is 45.5 Å². The lowest BCUT2D eigenvalue weighted by Crippen LogP contribution is -2.07. The highest BCUT2D eigenvalue weighted by Crippen LogP contribution is 2.49. The van der Waals surface area contributed by atoms with Crippen LogP contribution in [0.2, 0.25) is 0 Å². The molecule has 0 N–H and O–H groups in total. The molecule has 0 fully saturated rings. The first-order valence-corrected chi connectivity index (χ1v) is 23.3. The summed E-state index contributed by atoms with van der Waals surface area (Å²) in [5.41, 5.74) is 7.07. The minimum absolute atomic E-state index is 0.260. The van der Waals surface area contributed by atoms with E-state index in [0.717, 1.165) is 91.5 Å². The van der Waals surface area contributed by atoms with E-state index in [4.69, 9.17) is 15.0 Å². The van der Waals surface area contributed by atoms with Gasteiger partial charge in [0, 0.05) is 69.2 Å². The van der Waals surface area contributed by atoms with E-state index < -0.39 is 0 Å². The van der Waals surface area contributed by atoms with Gasteiger partial charge in [0.1, 0.15) is 11.6 Å². The lowest BCUT2D eigenvalue weighted by atomic mass is 10.0. The van der Waals surface area contributed by atoms with Gasteiger partial charge in [-0.15, -0.1) is 22.7 Å². The summed E-state index contributed by atoms with van der Waals surface area (Å²) in [6.07, 6.45) is 0. The minimum Gasteiger partial charge on any atom is -0.308 e. The monoisotopic (exact) mass is 887 g/mol. The van der Waals surface area contributed by atoms with Gasteiger partial charge in [-0.25, -0.2) is 23.7 Å². The van der Waals surface area contributed by atoms with E-state index in [0.29, 0.717) is 26.4 Å². The minimum atomic E-state index is -0.378. The zero-order chi connectivity index (χ0) is 43.6. The summed E-state index contributed by atoms with van der Waals surface area (Å²) in [5, 5.41) is 7.67. The van der Waals surface area contributed by atoms with E-state index in [2.05, 4.69) is 69.8 Å². The first-order chi connectivity index (χ1) is 32.6. The highest BCUT2D eigenvalue weighted by atomic mass is 32.1. The molecule has 310 valence electrons. The van der Waals surface area contributed by atoms with Crippen molar-refractivity contribution in [2.24, 2.45) is 0 Å². The van der Waals surface area contributed by atoms with Gasteiger partial charge in [-0.3, -0.25) is 0 Å². The molecule has 0 unspecified atom stereocenters. The van der Waals surface area contributed by atoms with Crippen molar-refractivity contribution in [2.75, 3.05) is 0 Å². The molecule has 9 aromatic carbocycles. The van der Waals surface area contributed by atoms with Gasteiger partial charge in [0.25, 0.3) is 0 Å². The molecular formula is C57H31F2N5S2. The van der Waals surface area contributed by atoms with E-state index in [1.807, 2.05) is 115 Å². The van der Waals surface area contributed by atoms with E-state index >= 15 is 8.78 Å². The normalized spacial score (nSPS) is 12.1. The molecule has 0 amide bonds. The number of thiophene rings is 2. The number of fused-ring (bicyclic) bond motifs is 12. The highest BCUT2D eigenvalue weighted by Gasteiger charge is 2.29. The summed E-state index contributed by atoms with van der Waals surface area (Å²) in [6.45, 7) is 0. The third-order valence-corrected chi connectivity index (χ3v) is 15.3. The summed E-state index contributed by atoms with van der Waals surface area (Å²) < 4.78 is 42.0. The first kappa shape index (κ1) is 37.3. The average molecular weight is 888 g/mol. The van der Waals surface area contributed by atoms with Crippen LogP contribution in [-0.4, -0.2) is 24.1 Å². The Morgan fingerprint density at radius 3 is 1.09 bits per heavy atom. The summed E-state index contributed by atoms with van der Waals surface area (Å²) in [5.74, 6) is 0.142. The highest BCUT2D eigenvalue weighted by molar-refractivity contribution is 7.26. The van der Waals surface area contributed by atoms with Crippen molar-refractivity contribution in [3.05, 3.63) is 200 Å². The number of para-hydroxylation sites is 4. The van der Waals surface area contributed by atoms with E-state index in [9.17, 15) is 0 Å². The maximum atomic E-state index is 17.2. The Bertz CT molecular complexity index is 3970. The molecule has 0 spiro atoms. The molecule has 66 heavy (non-hydrogen) atoms. The average Bonchev–Trinajstić information content (AvgIpc) is 4.13. The second-order valence-electron chi connectivity index (χ2n) is 16.5. The SMILES string of the molecule is Fc1cc(-c2nc(-c3ccccc3)nc(-c3cc(F)c4sc5ccccc5c4c3-n3c4ccccc4c4ccccc43)n2)c(-n2c3ccccc3c3ccccc32)c2c1sc1ccccc12. The topological polar surface area (TPSA) is 48.5 Å². The van der Waals surface area contributed by atoms with Crippen molar-refractivity contribution in [2.45, 2.75) is 0 Å². The third-order valence-electron chi connectivity index (χ3n) is 12.9. The van der Waals surface area contributed by atoms with E-state index in [-0.39, 0.29) is 23.3 Å². The van der Waals surface area contributed by atoms with Gasteiger partial charge in [0.15, 0.2) is 17.5 Å². The smallest absolute Gasteiger partial charge is 0.166 e. The molecule has 5 heterocycles. The largest absolute Gasteiger partial charge is 0.308 e. The molecule has 0 saturated carbocycles. The lowest BCUT2D eigenvalue weighted by molar-refractivity contribution is 0.641. The van der Waals surface area contributed by atoms with E-state index in [1.54, 1.807) is 12.1 Å². The summed E-state index contributed by atoms with van der Waals surface area (Å²) in [7, 11) is 0. The quantitative estimate of drug-likeness (QED) is 0.173. The predicted octanol–water partition coefficient (Wildman–Crippen LogP) is 16.1. The first-order valence-electron chi connectivity index (χ1n) is 21.7. The van der Waals surface area contributed by atoms with Crippen LogP contribution in [0, 0.1) is 11.6 Å². The standard InChI is InChI=1S/C57H31F2N5S2/c58-41-30-39(51(49-37-22-8-14-28-47(37)65-53(41)49)63-43-24-10-4-18-33(43)34-19-5-11-25-44(34)63)56-60-55(32-16-2-1-3-17-32)61-57(62-56)40-31-42(59)54-50(38-23-9-15-29-48(38)66-54)52(40)64-45-26-12-6-20-35(45)36-21-7-13-27-46(36)64/h1-31H. The summed E-state index contributed by atoms with van der Waals surface area (Å²) in [4.78, 5) is 15.9. The van der Waals surface area contributed by atoms with Crippen molar-refractivity contribution in [1.29, 1.82) is 0 Å². The van der Waals surface area contributed by atoms with Gasteiger partial charge in [0.05, 0.1) is 42.8 Å². The number of benzene rings is 9. The van der Waals surface area contributed by atoms with E-state index in [1.165, 1.54) is 22.7 Å². The van der Waals surface area contributed by atoms with Gasteiger partial charge in [-0.2, -0.15) is 0 Å². The molecule has 0 bridgehead atoms. The zero-order valence-corrected chi connectivity index (χ0v) is 36.3. The van der Waals surface area contributed by atoms with Gasteiger partial charge in [-0.05, 0) is 48.5 Å². The Kier molecular flexibility index (Phi) is 8.02. The third kappa shape index (κ3) is 5.32. The number of halogens is 2. The van der Waals surface area contributed by atoms with Crippen LogP contribution in [0.1, 0.15) is 0 Å². The van der Waals surface area contributed by atoms with Crippen LogP contribution in [0.3, 0.4) is 0 Å². The van der Waals surface area contributed by atoms with Crippen LogP contribution in [0.4, 0.5) is 8.78 Å². The molecular weight excluding hydrogens is 857 g/mol. The molecule has 9 heteroatoms. The molecule has 14 rings (SSSR count). The fourth-order valence-corrected chi connectivity index (χ4v) is 12.4. The van der Waals surface area contributed by atoms with Crippen LogP contribution in [0.15, 0.2) is 188 Å². The van der Waals surface area contributed by atoms with Crippen molar-refractivity contribution in [1.82, 2.24) is 24.1 Å².